The van der Waals surface area contributed by atoms with Crippen LogP contribution in [0.1, 0.15) is 12.8 Å². The molecule has 36 heavy (non-hydrogen) atoms. The standard InChI is InChI=1S/C19H36F6O7Si4/c1-33(2,3)30-36(31-34(4,5)6,32-35(7,8)9)12-10-11-13(16(26)27)14(17(28)29)15(18(20,21)22)19(23,24)25/h15H,10-12H2,1-9H3,(H,26,27)(H,28,29). The topological polar surface area (TPSA) is 102 Å². The van der Waals surface area contributed by atoms with Crippen LogP contribution in [0.4, 0.5) is 26.3 Å². The van der Waals surface area contributed by atoms with Crippen LogP contribution in [0.5, 0.6) is 0 Å². The van der Waals surface area contributed by atoms with E-state index >= 15 is 0 Å². The highest BCUT2D eigenvalue weighted by atomic mass is 28.5. The van der Waals surface area contributed by atoms with E-state index in [0.29, 0.717) is 0 Å². The minimum Gasteiger partial charge on any atom is -0.478 e. The van der Waals surface area contributed by atoms with E-state index in [1.165, 1.54) is 0 Å². The summed E-state index contributed by atoms with van der Waals surface area (Å²) in [5.74, 6) is -9.24. The molecule has 0 amide bonds. The first-order chi connectivity index (χ1) is 15.6. The lowest BCUT2D eigenvalue weighted by Gasteiger charge is -2.43. The van der Waals surface area contributed by atoms with Crippen LogP contribution in [-0.4, -0.2) is 68.3 Å². The Kier molecular flexibility index (Phi) is 11.5. The highest BCUT2D eigenvalue weighted by Gasteiger charge is 2.61. The molecule has 0 heterocycles. The maximum atomic E-state index is 13.3. The summed E-state index contributed by atoms with van der Waals surface area (Å²) >= 11 is 0. The number of halogens is 6. The first-order valence-corrected chi connectivity index (χ1v) is 23.2. The highest BCUT2D eigenvalue weighted by Crippen LogP contribution is 2.45. The van der Waals surface area contributed by atoms with Gasteiger partial charge in [-0.15, -0.1) is 0 Å². The third-order valence-electron chi connectivity index (χ3n) is 4.05. The van der Waals surface area contributed by atoms with Crippen LogP contribution in [0.2, 0.25) is 65.0 Å². The van der Waals surface area contributed by atoms with Gasteiger partial charge in [-0.05, 0) is 71.8 Å². The van der Waals surface area contributed by atoms with E-state index in [1.54, 1.807) is 0 Å². The molecule has 2 N–H and O–H groups in total. The van der Waals surface area contributed by atoms with Gasteiger partial charge in [0.2, 0.25) is 0 Å². The van der Waals surface area contributed by atoms with Crippen molar-refractivity contribution < 1.29 is 58.5 Å². The second-order valence-electron chi connectivity index (χ2n) is 11.2. The summed E-state index contributed by atoms with van der Waals surface area (Å²) in [5, 5.41) is 18.7. The molecule has 0 aliphatic carbocycles. The van der Waals surface area contributed by atoms with Crippen molar-refractivity contribution in [3.8, 4) is 0 Å². The summed E-state index contributed by atoms with van der Waals surface area (Å²) in [6.07, 6.45) is -13.3. The summed E-state index contributed by atoms with van der Waals surface area (Å²) in [6.45, 7) is 16.7. The van der Waals surface area contributed by atoms with Gasteiger partial charge in [0.15, 0.2) is 30.9 Å². The van der Waals surface area contributed by atoms with Crippen molar-refractivity contribution in [2.75, 3.05) is 0 Å². The van der Waals surface area contributed by atoms with Gasteiger partial charge < -0.3 is 22.6 Å². The van der Waals surface area contributed by atoms with Crippen molar-refractivity contribution in [2.24, 2.45) is 5.92 Å². The van der Waals surface area contributed by atoms with Crippen molar-refractivity contribution in [3.63, 3.8) is 0 Å². The van der Waals surface area contributed by atoms with Gasteiger partial charge in [-0.3, -0.25) is 0 Å². The molecule has 0 spiro atoms. The minimum absolute atomic E-state index is 0.0990. The zero-order valence-electron chi connectivity index (χ0n) is 21.9. The van der Waals surface area contributed by atoms with Crippen LogP contribution >= 0.6 is 0 Å². The van der Waals surface area contributed by atoms with Gasteiger partial charge in [0.1, 0.15) is 0 Å². The molecule has 0 unspecified atom stereocenters. The molecule has 7 nitrogen and oxygen atoms in total. The van der Waals surface area contributed by atoms with E-state index in [0.717, 1.165) is 0 Å². The lowest BCUT2D eigenvalue weighted by molar-refractivity contribution is -0.272. The van der Waals surface area contributed by atoms with Crippen LogP contribution in [0.3, 0.4) is 0 Å². The van der Waals surface area contributed by atoms with Gasteiger partial charge in [0, 0.05) is 11.6 Å². The predicted molar refractivity (Wildman–Crippen MR) is 131 cm³/mol. The lowest BCUT2D eigenvalue weighted by atomic mass is 9.90. The number of hydrogen-bond acceptors (Lipinski definition) is 5. The maximum Gasteiger partial charge on any atom is 0.469 e. The van der Waals surface area contributed by atoms with Gasteiger partial charge in [-0.1, -0.05) is 0 Å². The fraction of sp³-hybridized carbons (Fsp3) is 0.789. The Morgan fingerprint density at radius 1 is 0.694 bits per heavy atom. The SMILES string of the molecule is C[Si](C)(C)O[Si](CCCC(C(=O)O)=C(C(=O)O)C(C(F)(F)F)C(F)(F)F)(O[Si](C)(C)C)O[Si](C)(C)C. The van der Waals surface area contributed by atoms with Crippen LogP contribution in [0.15, 0.2) is 11.1 Å². The molecule has 0 fully saturated rings. The Labute approximate surface area is 211 Å². The Hall–Kier alpha value is -0.992. The normalized spacial score (nSPS) is 15.2. The van der Waals surface area contributed by atoms with Crippen molar-refractivity contribution in [2.45, 2.75) is 90.2 Å². The molecule has 17 heteroatoms. The lowest BCUT2D eigenvalue weighted by Crippen LogP contribution is -2.60. The number of carboxylic acid groups (broad SMARTS) is 2. The Morgan fingerprint density at radius 2 is 1.03 bits per heavy atom. The minimum atomic E-state index is -6.06. The number of rotatable bonds is 13. The number of carbonyl (C=O) groups is 2. The first kappa shape index (κ1) is 35.0. The molecule has 0 aromatic rings. The molecule has 0 saturated carbocycles. The van der Waals surface area contributed by atoms with E-state index < -0.39 is 81.5 Å². The van der Waals surface area contributed by atoms with E-state index in [2.05, 4.69) is 0 Å². The summed E-state index contributed by atoms with van der Waals surface area (Å²) < 4.78 is 98.7. The largest absolute Gasteiger partial charge is 0.478 e. The molecule has 0 atom stereocenters. The molecule has 212 valence electrons. The molecular formula is C19H36F6O7Si4. The molecule has 0 bridgehead atoms. The monoisotopic (exact) mass is 602 g/mol. The average molecular weight is 603 g/mol. The van der Waals surface area contributed by atoms with E-state index in [9.17, 15) is 46.1 Å². The van der Waals surface area contributed by atoms with Crippen molar-refractivity contribution in [1.82, 2.24) is 0 Å². The Balaban J connectivity index is 6.63. The van der Waals surface area contributed by atoms with Crippen LogP contribution < -0.4 is 0 Å². The van der Waals surface area contributed by atoms with E-state index in [-0.39, 0.29) is 12.5 Å². The Bertz CT molecular complexity index is 770. The zero-order valence-corrected chi connectivity index (χ0v) is 25.9. The quantitative estimate of drug-likeness (QED) is 0.142. The third kappa shape index (κ3) is 12.5. The van der Waals surface area contributed by atoms with Crippen molar-refractivity contribution >= 4 is 45.7 Å². The molecule has 0 rings (SSSR count). The summed E-state index contributed by atoms with van der Waals surface area (Å²) in [4.78, 5) is 23.3. The summed E-state index contributed by atoms with van der Waals surface area (Å²) in [7, 11) is -10.7. The van der Waals surface area contributed by atoms with E-state index in [1.807, 2.05) is 58.9 Å². The van der Waals surface area contributed by atoms with Crippen LogP contribution in [-0.2, 0) is 21.9 Å². The number of aliphatic carboxylic acids is 2. The van der Waals surface area contributed by atoms with Crippen LogP contribution in [0.25, 0.3) is 0 Å². The molecule has 0 aromatic heterocycles. The number of carboxylic acids is 2. The smallest absolute Gasteiger partial charge is 0.469 e. The summed E-state index contributed by atoms with van der Waals surface area (Å²) in [5.41, 5.74) is -3.72. The van der Waals surface area contributed by atoms with Crippen molar-refractivity contribution in [3.05, 3.63) is 11.1 Å². The van der Waals surface area contributed by atoms with Gasteiger partial charge in [0.25, 0.3) is 0 Å². The first-order valence-electron chi connectivity index (χ1n) is 11.0. The van der Waals surface area contributed by atoms with Gasteiger partial charge >= 0.3 is 33.1 Å². The predicted octanol–water partition coefficient (Wildman–Crippen LogP) is 6.47. The fourth-order valence-corrected chi connectivity index (χ4v) is 18.0. The fourth-order valence-electron chi connectivity index (χ4n) is 3.39. The molecule has 0 aliphatic rings. The van der Waals surface area contributed by atoms with Gasteiger partial charge in [0.05, 0.1) is 5.57 Å². The molecule has 0 saturated heterocycles. The average Bonchev–Trinajstić information content (AvgIpc) is 2.48. The maximum absolute atomic E-state index is 13.3. The van der Waals surface area contributed by atoms with Crippen molar-refractivity contribution in [1.29, 1.82) is 0 Å². The molecule has 0 aromatic carbocycles. The Morgan fingerprint density at radius 3 is 1.25 bits per heavy atom. The number of alkyl halides is 6. The molecule has 0 aliphatic heterocycles. The van der Waals surface area contributed by atoms with Crippen LogP contribution in [0, 0.1) is 5.92 Å². The second kappa shape index (κ2) is 11.8. The zero-order chi connectivity index (χ0) is 29.1. The molecule has 0 radical (unpaired) electrons. The van der Waals surface area contributed by atoms with Gasteiger partial charge in [-0.25, -0.2) is 9.59 Å². The second-order valence-corrected chi connectivity index (χ2v) is 28.2. The third-order valence-corrected chi connectivity index (χ3v) is 16.1. The molecular weight excluding hydrogens is 567 g/mol. The van der Waals surface area contributed by atoms with E-state index in [4.69, 9.17) is 12.3 Å². The highest BCUT2D eigenvalue weighted by molar-refractivity contribution is 6.90. The summed E-state index contributed by atoms with van der Waals surface area (Å²) in [6, 6.07) is -0.0990. The number of hydrogen-bond donors (Lipinski definition) is 2. The van der Waals surface area contributed by atoms with Gasteiger partial charge in [-0.2, -0.15) is 26.3 Å².